The molecule has 5 nitrogen and oxygen atoms in total. The number of piperidine rings is 1. The highest BCUT2D eigenvalue weighted by Gasteiger charge is 2.20. The lowest BCUT2D eigenvalue weighted by Gasteiger charge is -2.23. The van der Waals surface area contributed by atoms with Crippen molar-refractivity contribution in [1.82, 2.24) is 10.0 Å². The van der Waals surface area contributed by atoms with E-state index >= 15 is 0 Å². The molecule has 1 aliphatic rings. The van der Waals surface area contributed by atoms with Gasteiger partial charge in [0.1, 0.15) is 0 Å². The van der Waals surface area contributed by atoms with E-state index in [0.717, 1.165) is 19.4 Å². The van der Waals surface area contributed by atoms with Crippen molar-refractivity contribution in [3.05, 3.63) is 35.4 Å². The Kier molecular flexibility index (Phi) is 4.53. The summed E-state index contributed by atoms with van der Waals surface area (Å²) >= 11 is 0. The van der Waals surface area contributed by atoms with Crippen LogP contribution < -0.4 is 10.0 Å². The molecule has 1 heterocycles. The Hall–Kier alpha value is -1.42. The summed E-state index contributed by atoms with van der Waals surface area (Å²) in [5.41, 5.74) is 1.22. The van der Waals surface area contributed by atoms with E-state index in [2.05, 4.69) is 10.0 Å². The Morgan fingerprint density at radius 2 is 2.11 bits per heavy atom. The first-order valence-corrected chi connectivity index (χ1v) is 7.94. The third kappa shape index (κ3) is 4.31. The van der Waals surface area contributed by atoms with Gasteiger partial charge in [-0.15, -0.1) is 0 Å². The predicted octanol–water partition coefficient (Wildman–Crippen LogP) is 0.730. The fourth-order valence-corrected chi connectivity index (χ4v) is 3.57. The Balaban J connectivity index is 1.97. The molecule has 1 fully saturated rings. The van der Waals surface area contributed by atoms with Crippen molar-refractivity contribution < 1.29 is 8.42 Å². The van der Waals surface area contributed by atoms with Gasteiger partial charge in [0.2, 0.25) is 10.0 Å². The van der Waals surface area contributed by atoms with Gasteiger partial charge in [0.25, 0.3) is 0 Å². The number of sulfonamides is 1. The molecule has 2 N–H and O–H groups in total. The molecule has 1 unspecified atom stereocenters. The number of nitrogens with zero attached hydrogens (tertiary/aromatic N) is 1. The van der Waals surface area contributed by atoms with Gasteiger partial charge >= 0.3 is 0 Å². The van der Waals surface area contributed by atoms with Crippen molar-refractivity contribution in [3.8, 4) is 6.07 Å². The Bertz CT molecular complexity index is 555. The van der Waals surface area contributed by atoms with Crippen molar-refractivity contribution in [2.45, 2.75) is 24.6 Å². The van der Waals surface area contributed by atoms with Gasteiger partial charge < -0.3 is 5.32 Å². The lowest BCUT2D eigenvalue weighted by molar-refractivity contribution is 0.428. The first-order chi connectivity index (χ1) is 9.09. The van der Waals surface area contributed by atoms with Crippen LogP contribution in [-0.4, -0.2) is 27.5 Å². The molecule has 102 valence electrons. The van der Waals surface area contributed by atoms with Crippen LogP contribution in [0.4, 0.5) is 0 Å². The normalized spacial score (nSPS) is 19.8. The summed E-state index contributed by atoms with van der Waals surface area (Å²) in [6.45, 7) is 1.64. The molecule has 0 saturated carbocycles. The summed E-state index contributed by atoms with van der Waals surface area (Å²) in [5, 5.41) is 11.9. The van der Waals surface area contributed by atoms with E-state index in [9.17, 15) is 8.42 Å². The molecule has 0 bridgehead atoms. The molecule has 0 spiro atoms. The molecule has 1 atom stereocenters. The van der Waals surface area contributed by atoms with Crippen LogP contribution in [0.3, 0.4) is 0 Å². The first kappa shape index (κ1) is 14.0. The average Bonchev–Trinajstić information content (AvgIpc) is 2.39. The molecule has 1 aromatic rings. The minimum atomic E-state index is -3.33. The number of nitriles is 1. The van der Waals surface area contributed by atoms with Gasteiger partial charge in [-0.25, -0.2) is 13.1 Å². The second kappa shape index (κ2) is 6.15. The summed E-state index contributed by atoms with van der Waals surface area (Å²) in [7, 11) is -3.33. The van der Waals surface area contributed by atoms with Crippen LogP contribution in [0.2, 0.25) is 0 Å². The zero-order chi connectivity index (χ0) is 13.7. The Morgan fingerprint density at radius 1 is 1.37 bits per heavy atom. The number of nitrogens with one attached hydrogen (secondary N) is 2. The lowest BCUT2D eigenvalue weighted by atomic mass is 10.1. The smallest absolute Gasteiger partial charge is 0.216 e. The summed E-state index contributed by atoms with van der Waals surface area (Å²) in [5.74, 6) is -0.0464. The minimum absolute atomic E-state index is 0.0165. The number of benzene rings is 1. The number of rotatable bonds is 4. The average molecular weight is 279 g/mol. The SMILES string of the molecule is N#Cc1ccc(CS(=O)(=O)NC2CCCNC2)cc1. The standard InChI is InChI=1S/C13H17N3O2S/c14-8-11-3-5-12(6-4-11)10-19(17,18)16-13-2-1-7-15-9-13/h3-6,13,15-16H,1-2,7,9-10H2. The van der Waals surface area contributed by atoms with Gasteiger partial charge in [0.05, 0.1) is 17.4 Å². The summed E-state index contributed by atoms with van der Waals surface area (Å²) in [6, 6.07) is 8.61. The van der Waals surface area contributed by atoms with Crippen LogP contribution in [0.5, 0.6) is 0 Å². The predicted molar refractivity (Wildman–Crippen MR) is 72.8 cm³/mol. The zero-order valence-corrected chi connectivity index (χ0v) is 11.4. The third-order valence-electron chi connectivity index (χ3n) is 3.08. The monoisotopic (exact) mass is 279 g/mol. The fraction of sp³-hybridized carbons (Fsp3) is 0.462. The van der Waals surface area contributed by atoms with Gasteiger partial charge in [0.15, 0.2) is 0 Å². The van der Waals surface area contributed by atoms with E-state index < -0.39 is 10.0 Å². The second-order valence-corrected chi connectivity index (χ2v) is 6.48. The van der Waals surface area contributed by atoms with Gasteiger partial charge in [-0.1, -0.05) is 12.1 Å². The van der Waals surface area contributed by atoms with Crippen molar-refractivity contribution in [2.75, 3.05) is 13.1 Å². The Labute approximate surface area is 113 Å². The molecular weight excluding hydrogens is 262 g/mol. The summed E-state index contributed by atoms with van der Waals surface area (Å²) in [4.78, 5) is 0. The van der Waals surface area contributed by atoms with E-state index in [1.165, 1.54) is 0 Å². The lowest BCUT2D eigenvalue weighted by Crippen LogP contribution is -2.45. The van der Waals surface area contributed by atoms with Crippen LogP contribution in [0.15, 0.2) is 24.3 Å². The largest absolute Gasteiger partial charge is 0.315 e. The van der Waals surface area contributed by atoms with Crippen LogP contribution in [0.25, 0.3) is 0 Å². The Morgan fingerprint density at radius 3 is 2.68 bits per heavy atom. The highest BCUT2D eigenvalue weighted by molar-refractivity contribution is 7.88. The molecule has 6 heteroatoms. The molecule has 0 aromatic heterocycles. The highest BCUT2D eigenvalue weighted by atomic mass is 32.2. The summed E-state index contributed by atoms with van der Waals surface area (Å²) < 4.78 is 26.8. The molecule has 0 radical (unpaired) electrons. The fourth-order valence-electron chi connectivity index (χ4n) is 2.14. The van der Waals surface area contributed by atoms with E-state index in [0.29, 0.717) is 17.7 Å². The van der Waals surface area contributed by atoms with Gasteiger partial charge in [-0.3, -0.25) is 0 Å². The molecule has 19 heavy (non-hydrogen) atoms. The minimum Gasteiger partial charge on any atom is -0.315 e. The number of hydrogen-bond donors (Lipinski definition) is 2. The van der Waals surface area contributed by atoms with Gasteiger partial charge in [0, 0.05) is 12.6 Å². The van der Waals surface area contributed by atoms with E-state index in [1.54, 1.807) is 24.3 Å². The van der Waals surface area contributed by atoms with Crippen molar-refractivity contribution in [3.63, 3.8) is 0 Å². The van der Waals surface area contributed by atoms with E-state index in [1.807, 2.05) is 6.07 Å². The molecule has 2 rings (SSSR count). The summed E-state index contributed by atoms with van der Waals surface area (Å²) in [6.07, 6.45) is 1.86. The van der Waals surface area contributed by atoms with Gasteiger partial charge in [-0.05, 0) is 37.1 Å². The molecule has 0 aliphatic carbocycles. The van der Waals surface area contributed by atoms with Gasteiger partial charge in [-0.2, -0.15) is 5.26 Å². The maximum absolute atomic E-state index is 12.0. The molecule has 1 aliphatic heterocycles. The molecular formula is C13H17N3O2S. The van der Waals surface area contributed by atoms with Crippen molar-refractivity contribution in [2.24, 2.45) is 0 Å². The van der Waals surface area contributed by atoms with E-state index in [-0.39, 0.29) is 11.8 Å². The second-order valence-electron chi connectivity index (χ2n) is 4.73. The molecule has 1 aromatic carbocycles. The van der Waals surface area contributed by atoms with Crippen LogP contribution in [0.1, 0.15) is 24.0 Å². The third-order valence-corrected chi connectivity index (χ3v) is 4.49. The van der Waals surface area contributed by atoms with Crippen molar-refractivity contribution >= 4 is 10.0 Å². The maximum Gasteiger partial charge on any atom is 0.216 e. The van der Waals surface area contributed by atoms with Crippen LogP contribution in [-0.2, 0) is 15.8 Å². The first-order valence-electron chi connectivity index (χ1n) is 6.29. The van der Waals surface area contributed by atoms with Crippen molar-refractivity contribution in [1.29, 1.82) is 5.26 Å². The quantitative estimate of drug-likeness (QED) is 0.851. The molecule has 1 saturated heterocycles. The molecule has 0 amide bonds. The highest BCUT2D eigenvalue weighted by Crippen LogP contribution is 2.09. The number of hydrogen-bond acceptors (Lipinski definition) is 4. The topological polar surface area (TPSA) is 82.0 Å². The van der Waals surface area contributed by atoms with E-state index in [4.69, 9.17) is 5.26 Å². The van der Waals surface area contributed by atoms with Crippen LogP contribution in [0, 0.1) is 11.3 Å². The maximum atomic E-state index is 12.0. The van der Waals surface area contributed by atoms with Crippen LogP contribution >= 0.6 is 0 Å². The zero-order valence-electron chi connectivity index (χ0n) is 10.6.